The number of nitrogens with one attached hydrogen (secondary N) is 1. The summed E-state index contributed by atoms with van der Waals surface area (Å²) in [7, 11) is 0. The first-order chi connectivity index (χ1) is 10.4. The van der Waals surface area contributed by atoms with Gasteiger partial charge in [0.2, 0.25) is 11.8 Å². The molecule has 118 valence electrons. The molecule has 2 atom stereocenters. The molecule has 2 unspecified atom stereocenters. The van der Waals surface area contributed by atoms with Crippen molar-refractivity contribution in [1.82, 2.24) is 5.32 Å². The summed E-state index contributed by atoms with van der Waals surface area (Å²) in [6, 6.07) is 5.50. The van der Waals surface area contributed by atoms with E-state index in [0.717, 1.165) is 4.47 Å². The quantitative estimate of drug-likeness (QED) is 0.816. The highest BCUT2D eigenvalue weighted by Gasteiger charge is 2.37. The minimum atomic E-state index is -1.58. The number of benzene rings is 1. The van der Waals surface area contributed by atoms with Crippen molar-refractivity contribution in [3.8, 4) is 0 Å². The zero-order chi connectivity index (χ0) is 16.3. The summed E-state index contributed by atoms with van der Waals surface area (Å²) < 4.78 is 13.3. The second-order valence-electron chi connectivity index (χ2n) is 4.91. The number of nitrogens with zero attached hydrogens (tertiary/aromatic N) is 1. The molecule has 8 heteroatoms. The lowest BCUT2D eigenvalue weighted by Crippen LogP contribution is -2.45. The number of carboxylic acid groups (broad SMARTS) is 1. The molecular formula is C14H14BrFN2O4. The topological polar surface area (TPSA) is 86.7 Å². The lowest BCUT2D eigenvalue weighted by Gasteiger charge is -2.18. The van der Waals surface area contributed by atoms with E-state index < -0.39 is 30.5 Å². The molecule has 0 bridgehead atoms. The smallest absolute Gasteiger partial charge is 0.328 e. The van der Waals surface area contributed by atoms with Gasteiger partial charge >= 0.3 is 5.97 Å². The van der Waals surface area contributed by atoms with Gasteiger partial charge in [0.15, 0.2) is 6.04 Å². The largest absolute Gasteiger partial charge is 0.480 e. The van der Waals surface area contributed by atoms with Crippen molar-refractivity contribution >= 4 is 39.4 Å². The van der Waals surface area contributed by atoms with Crippen molar-refractivity contribution in [2.45, 2.75) is 12.5 Å². The second-order valence-corrected chi connectivity index (χ2v) is 5.76. The molecule has 0 aromatic heterocycles. The van der Waals surface area contributed by atoms with E-state index in [1.165, 1.54) is 4.90 Å². The van der Waals surface area contributed by atoms with Gasteiger partial charge in [-0.05, 0) is 28.1 Å². The van der Waals surface area contributed by atoms with E-state index in [-0.39, 0.29) is 18.9 Å². The van der Waals surface area contributed by atoms with Crippen molar-refractivity contribution in [2.75, 3.05) is 18.1 Å². The molecular weight excluding hydrogens is 359 g/mol. The number of hydrogen-bond acceptors (Lipinski definition) is 3. The molecule has 1 fully saturated rings. The van der Waals surface area contributed by atoms with E-state index in [1.807, 2.05) is 0 Å². The van der Waals surface area contributed by atoms with Gasteiger partial charge in [-0.15, -0.1) is 0 Å². The van der Waals surface area contributed by atoms with E-state index in [0.29, 0.717) is 5.69 Å². The summed E-state index contributed by atoms with van der Waals surface area (Å²) in [4.78, 5) is 36.3. The maximum absolute atomic E-state index is 12.5. The van der Waals surface area contributed by atoms with Gasteiger partial charge in [-0.3, -0.25) is 9.59 Å². The van der Waals surface area contributed by atoms with Crippen LogP contribution in [0, 0.1) is 5.92 Å². The maximum atomic E-state index is 12.5. The lowest BCUT2D eigenvalue weighted by molar-refractivity contribution is -0.142. The van der Waals surface area contributed by atoms with Gasteiger partial charge in [0.25, 0.3) is 0 Å². The number of carbonyl (C=O) groups is 3. The number of anilines is 1. The number of rotatable bonds is 5. The molecule has 2 amide bonds. The lowest BCUT2D eigenvalue weighted by atomic mass is 10.1. The standard InChI is InChI=1S/C14H14BrFN2O4/c15-9-3-1-2-4-11(9)18-7-8(5-12(18)19)13(20)17-10(6-16)14(21)22/h1-4,8,10H,5-7H2,(H,17,20)(H,21,22). The predicted molar refractivity (Wildman–Crippen MR) is 80.1 cm³/mol. The highest BCUT2D eigenvalue weighted by Crippen LogP contribution is 2.31. The summed E-state index contributed by atoms with van der Waals surface area (Å²) in [6.45, 7) is -1.07. The van der Waals surface area contributed by atoms with Crippen LogP contribution in [0.5, 0.6) is 0 Å². The van der Waals surface area contributed by atoms with Crippen LogP contribution in [0.25, 0.3) is 0 Å². The number of alkyl halides is 1. The fourth-order valence-electron chi connectivity index (χ4n) is 2.24. The Hall–Kier alpha value is -1.96. The molecule has 22 heavy (non-hydrogen) atoms. The van der Waals surface area contributed by atoms with Crippen LogP contribution in [0.3, 0.4) is 0 Å². The number of hydrogen-bond donors (Lipinski definition) is 2. The highest BCUT2D eigenvalue weighted by atomic mass is 79.9. The SMILES string of the molecule is O=C(NC(CF)C(=O)O)C1CC(=O)N(c2ccccc2Br)C1. The van der Waals surface area contributed by atoms with Crippen molar-refractivity contribution < 1.29 is 23.9 Å². The highest BCUT2D eigenvalue weighted by molar-refractivity contribution is 9.10. The molecule has 0 saturated carbocycles. The first-order valence-electron chi connectivity index (χ1n) is 6.58. The van der Waals surface area contributed by atoms with Gasteiger partial charge in [0.1, 0.15) is 6.67 Å². The number of carboxylic acids is 1. The third-order valence-corrected chi connectivity index (χ3v) is 4.08. The van der Waals surface area contributed by atoms with Crippen LogP contribution in [-0.4, -0.2) is 42.2 Å². The van der Waals surface area contributed by atoms with Crippen molar-refractivity contribution in [3.63, 3.8) is 0 Å². The van der Waals surface area contributed by atoms with Crippen LogP contribution in [0.1, 0.15) is 6.42 Å². The Bertz CT molecular complexity index is 610. The summed E-state index contributed by atoms with van der Waals surface area (Å²) in [5, 5.41) is 10.9. The first-order valence-corrected chi connectivity index (χ1v) is 7.37. The fourth-order valence-corrected chi connectivity index (χ4v) is 2.74. The van der Waals surface area contributed by atoms with Crippen LogP contribution in [0.2, 0.25) is 0 Å². The number of halogens is 2. The Morgan fingerprint density at radius 3 is 2.73 bits per heavy atom. The molecule has 1 aromatic rings. The Morgan fingerprint density at radius 2 is 2.14 bits per heavy atom. The third-order valence-electron chi connectivity index (χ3n) is 3.41. The summed E-state index contributed by atoms with van der Waals surface area (Å²) in [6.07, 6.45) is -0.0359. The minimum Gasteiger partial charge on any atom is -0.480 e. The molecule has 0 spiro atoms. The van der Waals surface area contributed by atoms with Gasteiger partial charge in [0.05, 0.1) is 11.6 Å². The number of para-hydroxylation sites is 1. The number of carbonyl (C=O) groups excluding carboxylic acids is 2. The van der Waals surface area contributed by atoms with Crippen molar-refractivity contribution in [3.05, 3.63) is 28.7 Å². The zero-order valence-electron chi connectivity index (χ0n) is 11.5. The predicted octanol–water partition coefficient (Wildman–Crippen LogP) is 1.34. The van der Waals surface area contributed by atoms with E-state index in [9.17, 15) is 18.8 Å². The van der Waals surface area contributed by atoms with E-state index in [1.54, 1.807) is 24.3 Å². The summed E-state index contributed by atoms with van der Waals surface area (Å²) >= 11 is 3.34. The number of amides is 2. The third kappa shape index (κ3) is 3.44. The van der Waals surface area contributed by atoms with Gasteiger partial charge in [-0.2, -0.15) is 0 Å². The van der Waals surface area contributed by atoms with Crippen LogP contribution < -0.4 is 10.2 Å². The molecule has 2 rings (SSSR count). The number of aliphatic carboxylic acids is 1. The molecule has 2 N–H and O–H groups in total. The van der Waals surface area contributed by atoms with E-state index in [2.05, 4.69) is 21.2 Å². The van der Waals surface area contributed by atoms with Crippen molar-refractivity contribution in [1.29, 1.82) is 0 Å². The Morgan fingerprint density at radius 1 is 1.45 bits per heavy atom. The van der Waals surface area contributed by atoms with E-state index >= 15 is 0 Å². The normalized spacial score (nSPS) is 19.1. The molecule has 1 saturated heterocycles. The van der Waals surface area contributed by atoms with Gasteiger partial charge in [-0.25, -0.2) is 9.18 Å². The Balaban J connectivity index is 2.08. The van der Waals surface area contributed by atoms with Crippen LogP contribution in [0.15, 0.2) is 28.7 Å². The monoisotopic (exact) mass is 372 g/mol. The van der Waals surface area contributed by atoms with Gasteiger partial charge < -0.3 is 15.3 Å². The Labute approximate surface area is 134 Å². The Kier molecular flexibility index (Phi) is 5.12. The summed E-state index contributed by atoms with van der Waals surface area (Å²) in [5.74, 6) is -3.01. The van der Waals surface area contributed by atoms with Crippen LogP contribution in [0.4, 0.5) is 10.1 Å². The minimum absolute atomic E-state index is 0.0359. The zero-order valence-corrected chi connectivity index (χ0v) is 13.0. The molecule has 1 aliphatic rings. The molecule has 1 aliphatic heterocycles. The molecule has 0 radical (unpaired) electrons. The van der Waals surface area contributed by atoms with Crippen LogP contribution in [-0.2, 0) is 14.4 Å². The van der Waals surface area contributed by atoms with E-state index in [4.69, 9.17) is 5.11 Å². The van der Waals surface area contributed by atoms with Crippen LogP contribution >= 0.6 is 15.9 Å². The second kappa shape index (κ2) is 6.87. The summed E-state index contributed by atoms with van der Waals surface area (Å²) in [5.41, 5.74) is 0.642. The molecule has 1 heterocycles. The molecule has 1 aromatic carbocycles. The molecule has 6 nitrogen and oxygen atoms in total. The molecule has 0 aliphatic carbocycles. The fraction of sp³-hybridized carbons (Fsp3) is 0.357. The van der Waals surface area contributed by atoms with Gasteiger partial charge in [-0.1, -0.05) is 12.1 Å². The maximum Gasteiger partial charge on any atom is 0.328 e. The van der Waals surface area contributed by atoms with Gasteiger partial charge in [0, 0.05) is 17.4 Å². The average Bonchev–Trinajstić information content (AvgIpc) is 2.86. The first kappa shape index (κ1) is 16.4. The average molecular weight is 373 g/mol. The van der Waals surface area contributed by atoms with Crippen molar-refractivity contribution in [2.24, 2.45) is 5.92 Å².